The summed E-state index contributed by atoms with van der Waals surface area (Å²) in [5.41, 5.74) is 0. The van der Waals surface area contributed by atoms with Crippen LogP contribution in [-0.4, -0.2) is 33.1 Å². The summed E-state index contributed by atoms with van der Waals surface area (Å²) in [4.78, 5) is 47.7. The first-order chi connectivity index (χ1) is 12.3. The minimum atomic E-state index is -0.0625. The Morgan fingerprint density at radius 2 is 0.741 bits per heavy atom. The van der Waals surface area contributed by atoms with E-state index in [9.17, 15) is 19.2 Å². The van der Waals surface area contributed by atoms with Gasteiger partial charge in [0.15, 0.2) is 0 Å². The van der Waals surface area contributed by atoms with Gasteiger partial charge in [-0.1, -0.05) is 12.1 Å². The third-order valence-corrected chi connectivity index (χ3v) is 2.13. The Morgan fingerprint density at radius 3 is 0.778 bits per heavy atom. The van der Waals surface area contributed by atoms with Crippen molar-refractivity contribution in [2.45, 2.75) is 40.5 Å². The van der Waals surface area contributed by atoms with Gasteiger partial charge in [-0.2, -0.15) is 0 Å². The summed E-state index contributed by atoms with van der Waals surface area (Å²) in [7, 11) is 0. The van der Waals surface area contributed by atoms with E-state index in [1.165, 1.54) is 27.7 Å². The molecule has 0 aliphatic rings. The number of aromatic nitrogens is 2. The number of pyridine rings is 2. The van der Waals surface area contributed by atoms with Gasteiger partial charge in [-0.05, 0) is 52.0 Å². The predicted molar refractivity (Wildman–Crippen MR) is 100 cm³/mol. The zero-order valence-electron chi connectivity index (χ0n) is 16.1. The summed E-state index contributed by atoms with van der Waals surface area (Å²) in [6.45, 7) is 5.62. The van der Waals surface area contributed by atoms with Crippen LogP contribution in [0.2, 0.25) is 0 Å². The smallest absolute Gasteiger partial charge is 0.137 e. The van der Waals surface area contributed by atoms with Crippen molar-refractivity contribution in [2.75, 3.05) is 0 Å². The second kappa shape index (κ2) is 21.5. The quantitative estimate of drug-likeness (QED) is 0.563. The third kappa shape index (κ3) is 35.5. The minimum absolute atomic E-state index is 0. The molecular formula is C20H26FeN2O4. The van der Waals surface area contributed by atoms with Crippen molar-refractivity contribution in [3.05, 3.63) is 61.2 Å². The van der Waals surface area contributed by atoms with Crippen molar-refractivity contribution < 1.29 is 36.2 Å². The average molecular weight is 414 g/mol. The number of carbonyl (C=O) groups excluding carboxylic acids is 4. The van der Waals surface area contributed by atoms with Gasteiger partial charge in [0.2, 0.25) is 0 Å². The molecule has 148 valence electrons. The van der Waals surface area contributed by atoms with E-state index in [-0.39, 0.29) is 53.0 Å². The maximum atomic E-state index is 10.0. The first kappa shape index (κ1) is 29.3. The molecule has 0 aliphatic carbocycles. The second-order valence-electron chi connectivity index (χ2n) is 5.21. The Hall–Kier alpha value is -2.50. The van der Waals surface area contributed by atoms with Crippen molar-refractivity contribution in [1.29, 1.82) is 0 Å². The fourth-order valence-electron chi connectivity index (χ4n) is 1.33. The molecule has 0 atom stereocenters. The number of nitrogens with zero attached hydrogens (tertiary/aromatic N) is 2. The Labute approximate surface area is 171 Å². The number of Topliss-reactive ketones (excluding diaryl/α,β-unsaturated/α-hetero) is 4. The maximum absolute atomic E-state index is 10.0. The summed E-state index contributed by atoms with van der Waals surface area (Å²) in [6.07, 6.45) is 7.17. The second-order valence-corrected chi connectivity index (χ2v) is 5.21. The van der Waals surface area contributed by atoms with Crippen molar-refractivity contribution in [2.24, 2.45) is 0 Å². The Balaban J connectivity index is -0.000000281. The number of hydrogen-bond donors (Lipinski definition) is 0. The number of carbonyl (C=O) groups is 4. The predicted octanol–water partition coefficient (Wildman–Crippen LogP) is 3.27. The molecule has 0 saturated carbocycles. The molecule has 2 heterocycles. The van der Waals surface area contributed by atoms with Crippen LogP contribution in [0, 0.1) is 0 Å². The molecule has 2 aromatic heterocycles. The number of rotatable bonds is 4. The standard InChI is InChI=1S/2C5H5N.2C5H8O2.Fe/c2*1-2-4-6-5-3-1;2*1-4(6)3-5(2)7;/h2*1-5H;2*3H2,1-2H3;. The van der Waals surface area contributed by atoms with E-state index in [2.05, 4.69) is 9.97 Å². The topological polar surface area (TPSA) is 94.1 Å². The average Bonchev–Trinajstić information content (AvgIpc) is 2.57. The monoisotopic (exact) mass is 414 g/mol. The Morgan fingerprint density at radius 1 is 0.519 bits per heavy atom. The van der Waals surface area contributed by atoms with E-state index in [4.69, 9.17) is 0 Å². The van der Waals surface area contributed by atoms with Crippen LogP contribution in [0.15, 0.2) is 61.2 Å². The molecule has 2 aromatic rings. The van der Waals surface area contributed by atoms with E-state index in [1.807, 2.05) is 36.4 Å². The molecule has 6 nitrogen and oxygen atoms in total. The van der Waals surface area contributed by atoms with Gasteiger partial charge >= 0.3 is 0 Å². The van der Waals surface area contributed by atoms with Crippen LogP contribution in [0.25, 0.3) is 0 Å². The number of hydrogen-bond acceptors (Lipinski definition) is 6. The SMILES string of the molecule is CC(=O)CC(C)=O.CC(=O)CC(C)=O.[Fe].c1ccncc1.c1ccncc1. The Kier molecular flexibility index (Phi) is 23.4. The van der Waals surface area contributed by atoms with Gasteiger partial charge in [0.25, 0.3) is 0 Å². The van der Waals surface area contributed by atoms with E-state index < -0.39 is 0 Å². The molecule has 0 amide bonds. The fourth-order valence-corrected chi connectivity index (χ4v) is 1.33. The van der Waals surface area contributed by atoms with Crippen LogP contribution in [0.3, 0.4) is 0 Å². The fraction of sp³-hybridized carbons (Fsp3) is 0.300. The summed E-state index contributed by atoms with van der Waals surface area (Å²) in [6, 6.07) is 11.4. The largest absolute Gasteiger partial charge is 0.300 e. The van der Waals surface area contributed by atoms with Crippen LogP contribution in [-0.2, 0) is 36.2 Å². The van der Waals surface area contributed by atoms with E-state index >= 15 is 0 Å². The minimum Gasteiger partial charge on any atom is -0.300 e. The molecule has 0 bridgehead atoms. The molecule has 0 aromatic carbocycles. The van der Waals surface area contributed by atoms with Gasteiger partial charge in [-0.15, -0.1) is 0 Å². The molecule has 7 heteroatoms. The first-order valence-corrected chi connectivity index (χ1v) is 7.93. The molecule has 0 unspecified atom stereocenters. The van der Waals surface area contributed by atoms with Gasteiger partial charge in [0, 0.05) is 41.9 Å². The molecule has 0 spiro atoms. The molecule has 0 fully saturated rings. The van der Waals surface area contributed by atoms with Crippen LogP contribution in [0.1, 0.15) is 40.5 Å². The first-order valence-electron chi connectivity index (χ1n) is 7.93. The summed E-state index contributed by atoms with van der Waals surface area (Å²) < 4.78 is 0. The summed E-state index contributed by atoms with van der Waals surface area (Å²) in [5, 5.41) is 0. The molecular weight excluding hydrogens is 388 g/mol. The van der Waals surface area contributed by atoms with Crippen LogP contribution in [0.4, 0.5) is 0 Å². The van der Waals surface area contributed by atoms with Crippen LogP contribution >= 0.6 is 0 Å². The third-order valence-electron chi connectivity index (χ3n) is 2.13. The van der Waals surface area contributed by atoms with Crippen molar-refractivity contribution in [1.82, 2.24) is 9.97 Å². The van der Waals surface area contributed by atoms with Crippen molar-refractivity contribution in [3.63, 3.8) is 0 Å². The molecule has 27 heavy (non-hydrogen) atoms. The van der Waals surface area contributed by atoms with Gasteiger partial charge in [-0.3, -0.25) is 29.1 Å². The zero-order chi connectivity index (χ0) is 20.2. The summed E-state index contributed by atoms with van der Waals surface area (Å²) in [5.74, 6) is -0.250. The summed E-state index contributed by atoms with van der Waals surface area (Å²) >= 11 is 0. The molecule has 0 N–H and O–H groups in total. The van der Waals surface area contributed by atoms with E-state index in [0.717, 1.165) is 0 Å². The van der Waals surface area contributed by atoms with Crippen molar-refractivity contribution >= 4 is 23.1 Å². The molecule has 0 aliphatic heterocycles. The van der Waals surface area contributed by atoms with Gasteiger partial charge in [-0.25, -0.2) is 0 Å². The van der Waals surface area contributed by atoms with E-state index in [1.54, 1.807) is 24.8 Å². The zero-order valence-corrected chi connectivity index (χ0v) is 17.2. The van der Waals surface area contributed by atoms with Gasteiger partial charge in [0.1, 0.15) is 23.1 Å². The van der Waals surface area contributed by atoms with Gasteiger partial charge in [0.05, 0.1) is 12.8 Å². The van der Waals surface area contributed by atoms with Crippen LogP contribution < -0.4 is 0 Å². The molecule has 0 radical (unpaired) electrons. The van der Waals surface area contributed by atoms with Crippen LogP contribution in [0.5, 0.6) is 0 Å². The normalized spacial score (nSPS) is 7.85. The van der Waals surface area contributed by atoms with Crippen molar-refractivity contribution in [3.8, 4) is 0 Å². The Bertz CT molecular complexity index is 500. The molecule has 2 rings (SSSR count). The number of ketones is 4. The molecule has 0 saturated heterocycles. The maximum Gasteiger partial charge on any atom is 0.137 e. The van der Waals surface area contributed by atoms with E-state index in [0.29, 0.717) is 0 Å². The van der Waals surface area contributed by atoms with Gasteiger partial charge < -0.3 is 0 Å².